The fourth-order valence-electron chi connectivity index (χ4n) is 4.55. The van der Waals surface area contributed by atoms with Crippen molar-refractivity contribution in [3.8, 4) is 0 Å². The normalized spacial score (nSPS) is 16.7. The molecule has 5 rings (SSSR count). The van der Waals surface area contributed by atoms with Crippen LogP contribution in [-0.2, 0) is 19.6 Å². The van der Waals surface area contributed by atoms with Crippen LogP contribution in [0.3, 0.4) is 0 Å². The lowest BCUT2D eigenvalue weighted by atomic mass is 10.1. The highest BCUT2D eigenvalue weighted by Crippen LogP contribution is 2.29. The number of nitrogens with one attached hydrogen (secondary N) is 2. The van der Waals surface area contributed by atoms with Crippen molar-refractivity contribution in [2.75, 3.05) is 18.0 Å². The summed E-state index contributed by atoms with van der Waals surface area (Å²) in [5.74, 6) is 0. The summed E-state index contributed by atoms with van der Waals surface area (Å²) in [6.07, 6.45) is 8.29. The van der Waals surface area contributed by atoms with E-state index in [1.807, 2.05) is 24.4 Å². The van der Waals surface area contributed by atoms with Crippen molar-refractivity contribution >= 4 is 23.0 Å². The minimum Gasteiger partial charge on any atom is -0.379 e. The van der Waals surface area contributed by atoms with Crippen molar-refractivity contribution in [1.29, 1.82) is 0 Å². The Labute approximate surface area is 189 Å². The molecule has 2 aliphatic rings. The van der Waals surface area contributed by atoms with Gasteiger partial charge in [0.15, 0.2) is 0 Å². The lowest BCUT2D eigenvalue weighted by molar-refractivity contribution is 0.221. The second kappa shape index (κ2) is 9.21. The monoisotopic (exact) mass is 432 g/mol. The van der Waals surface area contributed by atoms with E-state index in [9.17, 15) is 0 Å². The van der Waals surface area contributed by atoms with E-state index in [-0.39, 0.29) is 0 Å². The fraction of sp³-hybridized carbons (Fsp3) is 0.308. The Morgan fingerprint density at radius 2 is 1.77 bits per heavy atom. The van der Waals surface area contributed by atoms with Gasteiger partial charge in [-0.15, -0.1) is 0 Å². The molecular weight excluding hydrogens is 404 g/mol. The quantitative estimate of drug-likeness (QED) is 0.519. The zero-order chi connectivity index (χ0) is 21.0. The van der Waals surface area contributed by atoms with Crippen molar-refractivity contribution in [3.05, 3.63) is 94.4 Å². The Morgan fingerprint density at radius 3 is 2.58 bits per heavy atom. The zero-order valence-electron chi connectivity index (χ0n) is 17.8. The highest BCUT2D eigenvalue weighted by atomic mass is 35.5. The van der Waals surface area contributed by atoms with E-state index in [4.69, 9.17) is 11.6 Å². The molecule has 0 aliphatic carbocycles. The van der Waals surface area contributed by atoms with Gasteiger partial charge < -0.3 is 15.2 Å². The number of hydrogen-bond donors (Lipinski definition) is 2. The second-order valence-corrected chi connectivity index (χ2v) is 8.96. The van der Waals surface area contributed by atoms with Crippen LogP contribution in [0, 0.1) is 0 Å². The molecule has 0 unspecified atom stereocenters. The van der Waals surface area contributed by atoms with Gasteiger partial charge in [0, 0.05) is 47.5 Å². The summed E-state index contributed by atoms with van der Waals surface area (Å²) in [5, 5.41) is 4.38. The molecule has 31 heavy (non-hydrogen) atoms. The molecule has 2 aromatic carbocycles. The summed E-state index contributed by atoms with van der Waals surface area (Å²) < 4.78 is 0. The number of aromatic nitrogens is 1. The van der Waals surface area contributed by atoms with Crippen LogP contribution in [0.1, 0.15) is 41.6 Å². The molecule has 160 valence electrons. The van der Waals surface area contributed by atoms with Gasteiger partial charge in [-0.3, -0.25) is 4.90 Å². The van der Waals surface area contributed by atoms with Gasteiger partial charge >= 0.3 is 0 Å². The molecule has 1 saturated heterocycles. The van der Waals surface area contributed by atoms with E-state index in [2.05, 4.69) is 62.7 Å². The molecule has 3 heterocycles. The molecule has 3 aromatic rings. The Kier molecular flexibility index (Phi) is 6.01. The van der Waals surface area contributed by atoms with Gasteiger partial charge in [0.25, 0.3) is 0 Å². The zero-order valence-corrected chi connectivity index (χ0v) is 18.5. The molecule has 0 radical (unpaired) electrons. The predicted octanol–water partition coefficient (Wildman–Crippen LogP) is 5.76. The summed E-state index contributed by atoms with van der Waals surface area (Å²) in [6, 6.07) is 19.2. The molecule has 4 nitrogen and oxygen atoms in total. The second-order valence-electron chi connectivity index (χ2n) is 8.53. The summed E-state index contributed by atoms with van der Waals surface area (Å²) in [4.78, 5) is 8.29. The molecule has 1 aromatic heterocycles. The summed E-state index contributed by atoms with van der Waals surface area (Å²) >= 11 is 6.15. The van der Waals surface area contributed by atoms with Crippen molar-refractivity contribution in [3.63, 3.8) is 0 Å². The third kappa shape index (κ3) is 4.81. The van der Waals surface area contributed by atoms with Crippen LogP contribution in [0.4, 0.5) is 5.69 Å². The maximum absolute atomic E-state index is 6.15. The number of halogens is 1. The van der Waals surface area contributed by atoms with Gasteiger partial charge in [0.2, 0.25) is 0 Å². The molecule has 0 spiro atoms. The van der Waals surface area contributed by atoms with Gasteiger partial charge in [-0.05, 0) is 67.4 Å². The van der Waals surface area contributed by atoms with E-state index < -0.39 is 0 Å². The summed E-state index contributed by atoms with van der Waals surface area (Å²) in [5.41, 5.74) is 7.37. The number of anilines is 1. The maximum Gasteiger partial charge on any atom is 0.0634 e. The Morgan fingerprint density at radius 1 is 0.935 bits per heavy atom. The number of likely N-dealkylation sites (tertiary alicyclic amines) is 1. The third-order valence-corrected chi connectivity index (χ3v) is 6.47. The van der Waals surface area contributed by atoms with Crippen LogP contribution in [0.25, 0.3) is 5.70 Å². The minimum absolute atomic E-state index is 0.736. The van der Waals surface area contributed by atoms with Crippen LogP contribution < -0.4 is 10.2 Å². The minimum atomic E-state index is 0.736. The van der Waals surface area contributed by atoms with E-state index in [0.29, 0.717) is 0 Å². The third-order valence-electron chi connectivity index (χ3n) is 6.23. The number of piperidine rings is 1. The molecule has 0 atom stereocenters. The number of aromatic amines is 1. The number of H-pyrrole nitrogens is 1. The standard InChI is InChI=1S/C26H29ClN4/c27-22-6-4-5-21(15-22)16-29-26-19-31(18-25-24(26)11-12-28-25)23-9-7-20(8-10-23)17-30-13-2-1-3-14-30/h4-12,15,19,28-29H,1-3,13-14,16-18H2. The van der Waals surface area contributed by atoms with E-state index in [1.54, 1.807) is 0 Å². The average molecular weight is 433 g/mol. The van der Waals surface area contributed by atoms with Crippen LogP contribution in [-0.4, -0.2) is 23.0 Å². The lowest BCUT2D eigenvalue weighted by Crippen LogP contribution is -2.29. The van der Waals surface area contributed by atoms with E-state index in [0.717, 1.165) is 30.4 Å². The highest BCUT2D eigenvalue weighted by molar-refractivity contribution is 6.30. The van der Waals surface area contributed by atoms with Gasteiger partial charge in [0.05, 0.1) is 12.2 Å². The van der Waals surface area contributed by atoms with Crippen LogP contribution >= 0.6 is 11.6 Å². The Balaban J connectivity index is 1.31. The molecule has 0 bridgehead atoms. The first-order valence-corrected chi connectivity index (χ1v) is 11.6. The number of benzene rings is 2. The Hall–Kier alpha value is -2.69. The van der Waals surface area contributed by atoms with Gasteiger partial charge in [-0.2, -0.15) is 0 Å². The van der Waals surface area contributed by atoms with Crippen LogP contribution in [0.5, 0.6) is 0 Å². The van der Waals surface area contributed by atoms with Crippen molar-refractivity contribution in [1.82, 2.24) is 15.2 Å². The van der Waals surface area contributed by atoms with Crippen molar-refractivity contribution in [2.24, 2.45) is 0 Å². The van der Waals surface area contributed by atoms with Gasteiger partial charge in [0.1, 0.15) is 0 Å². The maximum atomic E-state index is 6.15. The first-order chi connectivity index (χ1) is 15.2. The Bertz CT molecular complexity index is 1050. The number of rotatable bonds is 6. The van der Waals surface area contributed by atoms with Crippen molar-refractivity contribution in [2.45, 2.75) is 38.9 Å². The van der Waals surface area contributed by atoms with Crippen LogP contribution in [0.2, 0.25) is 5.02 Å². The number of hydrogen-bond acceptors (Lipinski definition) is 3. The topological polar surface area (TPSA) is 34.3 Å². The number of nitrogens with zero attached hydrogens (tertiary/aromatic N) is 2. The molecule has 2 N–H and O–H groups in total. The highest BCUT2D eigenvalue weighted by Gasteiger charge is 2.19. The van der Waals surface area contributed by atoms with Crippen LogP contribution in [0.15, 0.2) is 67.0 Å². The molecule has 5 heteroatoms. The molecule has 0 amide bonds. The van der Waals surface area contributed by atoms with Gasteiger partial charge in [-0.25, -0.2) is 0 Å². The first-order valence-electron chi connectivity index (χ1n) is 11.2. The first kappa shape index (κ1) is 20.2. The van der Waals surface area contributed by atoms with E-state index in [1.165, 1.54) is 60.4 Å². The average Bonchev–Trinajstić information content (AvgIpc) is 3.28. The molecular formula is C26H29ClN4. The smallest absolute Gasteiger partial charge is 0.0634 e. The molecule has 0 saturated carbocycles. The fourth-order valence-corrected chi connectivity index (χ4v) is 4.76. The number of fused-ring (bicyclic) bond motifs is 1. The summed E-state index contributed by atoms with van der Waals surface area (Å²) in [6.45, 7) is 5.10. The summed E-state index contributed by atoms with van der Waals surface area (Å²) in [7, 11) is 0. The largest absolute Gasteiger partial charge is 0.379 e. The lowest BCUT2D eigenvalue weighted by Gasteiger charge is -2.29. The van der Waals surface area contributed by atoms with Gasteiger partial charge in [-0.1, -0.05) is 42.3 Å². The predicted molar refractivity (Wildman–Crippen MR) is 129 cm³/mol. The van der Waals surface area contributed by atoms with E-state index >= 15 is 0 Å². The molecule has 1 fully saturated rings. The SMILES string of the molecule is Clc1cccc(CNC2=CN(c3ccc(CN4CCCCC4)cc3)Cc3[nH]ccc32)c1. The molecule has 2 aliphatic heterocycles. The van der Waals surface area contributed by atoms with Crippen molar-refractivity contribution < 1.29 is 0 Å².